The minimum absolute atomic E-state index is 0.0740. The number of nitro groups is 2. The van der Waals surface area contributed by atoms with E-state index in [1.54, 1.807) is 4.98 Å². The van der Waals surface area contributed by atoms with Gasteiger partial charge in [-0.1, -0.05) is 0 Å². The number of nitrogens with zero attached hydrogens (tertiary/aromatic N) is 2. The third-order valence-electron chi connectivity index (χ3n) is 3.09. The predicted molar refractivity (Wildman–Crippen MR) is 84.6 cm³/mol. The van der Waals surface area contributed by atoms with E-state index in [0.29, 0.717) is 0 Å². The monoisotopic (exact) mass is 350 g/mol. The minimum Gasteiger partial charge on any atom is -0.504 e. The van der Waals surface area contributed by atoms with Crippen LogP contribution in [0.15, 0.2) is 21.7 Å². The lowest BCUT2D eigenvalue weighted by atomic mass is 10.1. The van der Waals surface area contributed by atoms with Crippen LogP contribution in [0.5, 0.6) is 11.5 Å². The zero-order valence-corrected chi connectivity index (χ0v) is 12.5. The van der Waals surface area contributed by atoms with E-state index in [4.69, 9.17) is 4.74 Å². The van der Waals surface area contributed by atoms with Crippen molar-refractivity contribution in [2.24, 2.45) is 0 Å². The van der Waals surface area contributed by atoms with Gasteiger partial charge >= 0.3 is 22.6 Å². The summed E-state index contributed by atoms with van der Waals surface area (Å²) in [5, 5.41) is 31.8. The molecule has 0 aliphatic rings. The molecule has 12 nitrogen and oxygen atoms in total. The lowest BCUT2D eigenvalue weighted by molar-refractivity contribution is -0.386. The Morgan fingerprint density at radius 3 is 2.28 bits per heavy atom. The van der Waals surface area contributed by atoms with Crippen LogP contribution in [-0.2, 0) is 0 Å². The van der Waals surface area contributed by atoms with Gasteiger partial charge in [0, 0.05) is 0 Å². The van der Waals surface area contributed by atoms with Crippen molar-refractivity contribution in [3.05, 3.63) is 64.5 Å². The first-order valence-corrected chi connectivity index (χ1v) is 6.49. The van der Waals surface area contributed by atoms with Gasteiger partial charge in [0.1, 0.15) is 5.69 Å². The first-order valence-electron chi connectivity index (χ1n) is 6.49. The van der Waals surface area contributed by atoms with Crippen molar-refractivity contribution in [1.82, 2.24) is 9.97 Å². The molecule has 2 aromatic rings. The lowest BCUT2D eigenvalue weighted by Crippen LogP contribution is -2.25. The molecule has 0 spiro atoms. The lowest BCUT2D eigenvalue weighted by Gasteiger charge is -2.06. The number of phenols is 1. The molecular weight excluding hydrogens is 340 g/mol. The Labute approximate surface area is 137 Å². The second-order valence-electron chi connectivity index (χ2n) is 4.57. The van der Waals surface area contributed by atoms with Gasteiger partial charge in [-0.25, -0.2) is 4.79 Å². The molecule has 12 heteroatoms. The third-order valence-corrected chi connectivity index (χ3v) is 3.09. The van der Waals surface area contributed by atoms with E-state index in [9.17, 15) is 34.9 Å². The molecule has 1 heterocycles. The number of benzene rings is 1. The molecule has 3 N–H and O–H groups in total. The van der Waals surface area contributed by atoms with Crippen LogP contribution < -0.4 is 16.0 Å². The fraction of sp³-hybridized carbons (Fsp3) is 0.0769. The third kappa shape index (κ3) is 3.36. The first kappa shape index (κ1) is 17.4. The topological polar surface area (TPSA) is 181 Å². The van der Waals surface area contributed by atoms with E-state index in [0.717, 1.165) is 25.3 Å². The number of nitro benzene ring substituents is 1. The molecule has 0 atom stereocenters. The highest BCUT2D eigenvalue weighted by molar-refractivity contribution is 5.78. The fourth-order valence-corrected chi connectivity index (χ4v) is 2.07. The molecule has 0 unspecified atom stereocenters. The van der Waals surface area contributed by atoms with Gasteiger partial charge in [0.05, 0.1) is 22.5 Å². The maximum Gasteiger partial charge on any atom is 0.357 e. The summed E-state index contributed by atoms with van der Waals surface area (Å²) in [7, 11) is 1.12. The fourth-order valence-electron chi connectivity index (χ4n) is 2.07. The number of nitrogens with one attached hydrogen (secondary N) is 2. The summed E-state index contributed by atoms with van der Waals surface area (Å²) >= 11 is 0. The van der Waals surface area contributed by atoms with E-state index in [1.807, 2.05) is 0 Å². The van der Waals surface area contributed by atoms with Crippen molar-refractivity contribution in [3.63, 3.8) is 0 Å². The van der Waals surface area contributed by atoms with Crippen LogP contribution in [0.1, 0.15) is 11.3 Å². The predicted octanol–water partition coefficient (Wildman–Crippen LogP) is 0.764. The molecule has 0 saturated carbocycles. The van der Waals surface area contributed by atoms with Crippen molar-refractivity contribution in [2.75, 3.05) is 7.11 Å². The van der Waals surface area contributed by atoms with E-state index in [-0.39, 0.29) is 5.56 Å². The maximum atomic E-state index is 11.5. The number of methoxy groups -OCH3 is 1. The van der Waals surface area contributed by atoms with Crippen LogP contribution in [-0.4, -0.2) is 32.0 Å². The molecule has 0 radical (unpaired) electrons. The summed E-state index contributed by atoms with van der Waals surface area (Å²) in [5.41, 5.74) is -4.23. The Balaban J connectivity index is 2.66. The van der Waals surface area contributed by atoms with Gasteiger partial charge in [0.2, 0.25) is 5.75 Å². The second kappa shape index (κ2) is 6.66. The molecular formula is C13H10N4O8. The zero-order valence-electron chi connectivity index (χ0n) is 12.5. The summed E-state index contributed by atoms with van der Waals surface area (Å²) in [6.45, 7) is 0. The summed E-state index contributed by atoms with van der Waals surface area (Å²) in [4.78, 5) is 46.9. The minimum atomic E-state index is -1.22. The smallest absolute Gasteiger partial charge is 0.357 e. The molecule has 0 amide bonds. The normalized spacial score (nSPS) is 10.8. The summed E-state index contributed by atoms with van der Waals surface area (Å²) in [6.07, 6.45) is 2.03. The molecule has 0 aliphatic heterocycles. The largest absolute Gasteiger partial charge is 0.504 e. The molecule has 0 fully saturated rings. The highest BCUT2D eigenvalue weighted by Gasteiger charge is 2.24. The second-order valence-corrected chi connectivity index (χ2v) is 4.57. The Morgan fingerprint density at radius 2 is 1.72 bits per heavy atom. The van der Waals surface area contributed by atoms with Crippen molar-refractivity contribution in [2.45, 2.75) is 0 Å². The average Bonchev–Trinajstić information content (AvgIpc) is 2.51. The molecule has 0 aliphatic carbocycles. The van der Waals surface area contributed by atoms with Crippen LogP contribution in [0, 0.1) is 20.2 Å². The molecule has 1 aromatic heterocycles. The number of aromatic hydroxyl groups is 1. The number of phenolic OH excluding ortho intramolecular Hbond substituents is 1. The standard InChI is InChI=1S/C13H10N4O8/c1-25-11-8(18)5-3-6(9(11)16(21)22)2-4-7-10(17(23)24)12(19)15-13(20)14-7/h2-5,18H,1H3,(H2,14,15,19,20). The SMILES string of the molecule is COc1c(O)ccc(C=Cc2[nH]c(=O)[nH]c(=O)c2[N+](=O)[O-])c1[N+](=O)[O-]. The van der Waals surface area contributed by atoms with E-state index in [2.05, 4.69) is 4.98 Å². The van der Waals surface area contributed by atoms with E-state index < -0.39 is 49.7 Å². The Kier molecular flexibility index (Phi) is 4.63. The van der Waals surface area contributed by atoms with E-state index >= 15 is 0 Å². The van der Waals surface area contributed by atoms with Gasteiger partial charge in [-0.2, -0.15) is 0 Å². The van der Waals surface area contributed by atoms with Crippen molar-refractivity contribution < 1.29 is 19.7 Å². The summed E-state index contributed by atoms with van der Waals surface area (Å²) < 4.78 is 4.78. The maximum absolute atomic E-state index is 11.5. The number of ether oxygens (including phenoxy) is 1. The highest BCUT2D eigenvalue weighted by Crippen LogP contribution is 2.39. The number of aromatic nitrogens is 2. The van der Waals surface area contributed by atoms with Gasteiger partial charge in [0.15, 0.2) is 5.75 Å². The van der Waals surface area contributed by atoms with Crippen LogP contribution in [0.3, 0.4) is 0 Å². The van der Waals surface area contributed by atoms with Crippen molar-refractivity contribution >= 4 is 23.5 Å². The Hall–Kier alpha value is -3.96. The number of aromatic amines is 2. The van der Waals surface area contributed by atoms with Crippen LogP contribution in [0.25, 0.3) is 12.2 Å². The molecule has 2 rings (SSSR count). The Morgan fingerprint density at radius 1 is 1.08 bits per heavy atom. The van der Waals surface area contributed by atoms with Crippen molar-refractivity contribution in [1.29, 1.82) is 0 Å². The van der Waals surface area contributed by atoms with Crippen molar-refractivity contribution in [3.8, 4) is 11.5 Å². The van der Waals surface area contributed by atoms with Crippen LogP contribution >= 0.6 is 0 Å². The van der Waals surface area contributed by atoms with Gasteiger partial charge in [0.25, 0.3) is 0 Å². The number of rotatable bonds is 5. The number of hydrogen-bond acceptors (Lipinski definition) is 8. The first-order chi connectivity index (χ1) is 11.8. The molecule has 1 aromatic carbocycles. The molecule has 0 bridgehead atoms. The molecule has 0 saturated heterocycles. The molecule has 25 heavy (non-hydrogen) atoms. The quantitative estimate of drug-likeness (QED) is 0.521. The number of hydrogen-bond donors (Lipinski definition) is 3. The highest BCUT2D eigenvalue weighted by atomic mass is 16.6. The number of H-pyrrole nitrogens is 2. The zero-order chi connectivity index (χ0) is 18.7. The Bertz CT molecular complexity index is 1000. The summed E-state index contributed by atoms with van der Waals surface area (Å²) in [5.74, 6) is -0.872. The van der Waals surface area contributed by atoms with Gasteiger partial charge < -0.3 is 14.8 Å². The van der Waals surface area contributed by atoms with E-state index in [1.165, 1.54) is 6.07 Å². The van der Waals surface area contributed by atoms with Gasteiger partial charge in [-0.15, -0.1) is 0 Å². The summed E-state index contributed by atoms with van der Waals surface area (Å²) in [6, 6.07) is 2.30. The molecule has 130 valence electrons. The van der Waals surface area contributed by atoms with Gasteiger partial charge in [-0.3, -0.25) is 30.0 Å². The van der Waals surface area contributed by atoms with Crippen LogP contribution in [0.2, 0.25) is 0 Å². The van der Waals surface area contributed by atoms with Gasteiger partial charge in [-0.05, 0) is 24.3 Å². The van der Waals surface area contributed by atoms with Crippen LogP contribution in [0.4, 0.5) is 11.4 Å². The average molecular weight is 350 g/mol.